The molecule has 0 saturated heterocycles. The Balaban J connectivity index is 4.84. The molecule has 0 unspecified atom stereocenters. The molecule has 0 rings (SSSR count). The van der Waals surface area contributed by atoms with Gasteiger partial charge in [0, 0.05) is 5.54 Å². The second-order valence-electron chi connectivity index (χ2n) is 7.10. The van der Waals surface area contributed by atoms with Crippen LogP contribution in [0.3, 0.4) is 0 Å². The molecular weight excluding hydrogens is 280 g/mol. The molecular formula is C16H34N4O2. The molecule has 6 heteroatoms. The maximum atomic E-state index is 12.4. The lowest BCUT2D eigenvalue weighted by molar-refractivity contribution is -0.131. The smallest absolute Gasteiger partial charge is 0.242 e. The largest absolute Gasteiger partial charge is 0.350 e. The molecule has 0 aliphatic carbocycles. The lowest BCUT2D eigenvalue weighted by atomic mass is 10.0. The third kappa shape index (κ3) is 8.34. The van der Waals surface area contributed by atoms with E-state index in [1.165, 1.54) is 0 Å². The Morgan fingerprint density at radius 1 is 1.09 bits per heavy atom. The molecule has 0 aliphatic heterocycles. The zero-order valence-corrected chi connectivity index (χ0v) is 15.0. The highest BCUT2D eigenvalue weighted by Gasteiger charge is 2.27. The summed E-state index contributed by atoms with van der Waals surface area (Å²) in [5.74, 6) is -0.129. The van der Waals surface area contributed by atoms with Crippen molar-refractivity contribution >= 4 is 11.8 Å². The standard InChI is InChI=1S/C16H34N4O2/c1-11(2)13(18-6)15(22)19-12(9-7-8-10-17)14(21)20-16(3,4)5/h11-13,18H,7-10,17H2,1-6H3,(H,19,22)(H,20,21)/t12-,13-/m0/s1. The van der Waals surface area contributed by atoms with Crippen LogP contribution < -0.4 is 21.7 Å². The number of carbonyl (C=O) groups excluding carboxylic acids is 2. The SMILES string of the molecule is CN[C@H](C(=O)N[C@@H](CCCCN)C(=O)NC(C)(C)C)C(C)C. The Bertz CT molecular complexity index is 351. The minimum Gasteiger partial charge on any atom is -0.350 e. The highest BCUT2D eigenvalue weighted by Crippen LogP contribution is 2.07. The Morgan fingerprint density at radius 2 is 1.68 bits per heavy atom. The number of rotatable bonds is 9. The lowest BCUT2D eigenvalue weighted by Gasteiger charge is -2.27. The fourth-order valence-corrected chi connectivity index (χ4v) is 2.25. The van der Waals surface area contributed by atoms with E-state index in [-0.39, 0.29) is 29.3 Å². The van der Waals surface area contributed by atoms with Crippen molar-refractivity contribution < 1.29 is 9.59 Å². The summed E-state index contributed by atoms with van der Waals surface area (Å²) in [6.45, 7) is 10.3. The van der Waals surface area contributed by atoms with Gasteiger partial charge in [0.25, 0.3) is 0 Å². The van der Waals surface area contributed by atoms with Gasteiger partial charge in [-0.2, -0.15) is 0 Å². The summed E-state index contributed by atoms with van der Waals surface area (Å²) in [6.07, 6.45) is 2.25. The Morgan fingerprint density at radius 3 is 2.09 bits per heavy atom. The van der Waals surface area contributed by atoms with Crippen molar-refractivity contribution in [3.8, 4) is 0 Å². The van der Waals surface area contributed by atoms with Crippen LogP contribution in [0.1, 0.15) is 53.9 Å². The van der Waals surface area contributed by atoms with Crippen molar-refractivity contribution in [1.29, 1.82) is 0 Å². The van der Waals surface area contributed by atoms with Crippen LogP contribution in [0.25, 0.3) is 0 Å². The molecule has 0 heterocycles. The predicted octanol–water partition coefficient (Wildman–Crippen LogP) is 0.759. The van der Waals surface area contributed by atoms with Crippen molar-refractivity contribution in [3.63, 3.8) is 0 Å². The molecule has 0 saturated carbocycles. The van der Waals surface area contributed by atoms with E-state index in [1.807, 2.05) is 34.6 Å². The summed E-state index contributed by atoms with van der Waals surface area (Å²) < 4.78 is 0. The van der Waals surface area contributed by atoms with E-state index in [2.05, 4.69) is 16.0 Å². The molecule has 0 aromatic rings. The first-order valence-electron chi connectivity index (χ1n) is 8.12. The van der Waals surface area contributed by atoms with Crippen LogP contribution in [-0.4, -0.2) is 43.0 Å². The van der Waals surface area contributed by atoms with E-state index in [4.69, 9.17) is 5.73 Å². The van der Waals surface area contributed by atoms with Crippen molar-refractivity contribution in [2.75, 3.05) is 13.6 Å². The van der Waals surface area contributed by atoms with Gasteiger partial charge < -0.3 is 21.7 Å². The molecule has 0 aromatic heterocycles. The summed E-state index contributed by atoms with van der Waals surface area (Å²) in [5.41, 5.74) is 5.18. The minimum absolute atomic E-state index is 0.140. The number of amides is 2. The van der Waals surface area contributed by atoms with Gasteiger partial charge in [-0.25, -0.2) is 0 Å². The highest BCUT2D eigenvalue weighted by molar-refractivity contribution is 5.90. The van der Waals surface area contributed by atoms with Crippen LogP contribution in [0.15, 0.2) is 0 Å². The van der Waals surface area contributed by atoms with E-state index in [1.54, 1.807) is 7.05 Å². The monoisotopic (exact) mass is 314 g/mol. The Hall–Kier alpha value is -1.14. The van der Waals surface area contributed by atoms with Gasteiger partial charge in [-0.3, -0.25) is 9.59 Å². The molecule has 5 N–H and O–H groups in total. The number of unbranched alkanes of at least 4 members (excludes halogenated alkanes) is 1. The normalized spacial score (nSPS) is 14.5. The topological polar surface area (TPSA) is 96.2 Å². The van der Waals surface area contributed by atoms with E-state index in [0.717, 1.165) is 12.8 Å². The molecule has 22 heavy (non-hydrogen) atoms. The van der Waals surface area contributed by atoms with Crippen molar-refractivity contribution in [1.82, 2.24) is 16.0 Å². The van der Waals surface area contributed by atoms with Crippen LogP contribution in [0, 0.1) is 5.92 Å². The second-order valence-corrected chi connectivity index (χ2v) is 7.10. The van der Waals surface area contributed by atoms with Gasteiger partial charge in [0.15, 0.2) is 0 Å². The summed E-state index contributed by atoms with van der Waals surface area (Å²) in [5, 5.41) is 8.81. The van der Waals surface area contributed by atoms with E-state index < -0.39 is 6.04 Å². The predicted molar refractivity (Wildman–Crippen MR) is 90.4 cm³/mol. The summed E-state index contributed by atoms with van der Waals surface area (Å²) in [4.78, 5) is 24.7. The number of nitrogens with one attached hydrogen (secondary N) is 3. The van der Waals surface area contributed by atoms with Gasteiger partial charge in [-0.05, 0) is 59.5 Å². The molecule has 0 aliphatic rings. The third-order valence-electron chi connectivity index (χ3n) is 3.34. The molecule has 0 radical (unpaired) electrons. The van der Waals surface area contributed by atoms with Crippen LogP contribution in [0.2, 0.25) is 0 Å². The molecule has 0 bridgehead atoms. The summed E-state index contributed by atoms with van der Waals surface area (Å²) in [6, 6.07) is -0.827. The quantitative estimate of drug-likeness (QED) is 0.472. The van der Waals surface area contributed by atoms with Crippen LogP contribution in [-0.2, 0) is 9.59 Å². The number of carbonyl (C=O) groups is 2. The van der Waals surface area contributed by atoms with Crippen LogP contribution in [0.5, 0.6) is 0 Å². The Kier molecular flexibility index (Phi) is 9.28. The highest BCUT2D eigenvalue weighted by atomic mass is 16.2. The van der Waals surface area contributed by atoms with Gasteiger partial charge in [-0.1, -0.05) is 13.8 Å². The fourth-order valence-electron chi connectivity index (χ4n) is 2.25. The maximum Gasteiger partial charge on any atom is 0.242 e. The third-order valence-corrected chi connectivity index (χ3v) is 3.34. The van der Waals surface area contributed by atoms with E-state index >= 15 is 0 Å². The average Bonchev–Trinajstić information content (AvgIpc) is 2.36. The maximum absolute atomic E-state index is 12.4. The molecule has 6 nitrogen and oxygen atoms in total. The van der Waals surface area contributed by atoms with Gasteiger partial charge in [0.05, 0.1) is 6.04 Å². The number of likely N-dealkylation sites (N-methyl/N-ethyl adjacent to an activating group) is 1. The lowest BCUT2D eigenvalue weighted by Crippen LogP contribution is -2.56. The number of nitrogens with two attached hydrogens (primary N) is 1. The number of hydrogen-bond acceptors (Lipinski definition) is 4. The van der Waals surface area contributed by atoms with Gasteiger partial charge in [0.2, 0.25) is 11.8 Å². The molecule has 130 valence electrons. The van der Waals surface area contributed by atoms with E-state index in [0.29, 0.717) is 13.0 Å². The fraction of sp³-hybridized carbons (Fsp3) is 0.875. The molecule has 2 atom stereocenters. The van der Waals surface area contributed by atoms with Crippen LogP contribution in [0.4, 0.5) is 0 Å². The zero-order chi connectivity index (χ0) is 17.3. The first kappa shape index (κ1) is 20.9. The molecule has 0 spiro atoms. The Labute approximate surface area is 135 Å². The zero-order valence-electron chi connectivity index (χ0n) is 15.0. The summed E-state index contributed by atoms with van der Waals surface area (Å²) in [7, 11) is 1.75. The van der Waals surface area contributed by atoms with Crippen molar-refractivity contribution in [3.05, 3.63) is 0 Å². The minimum atomic E-state index is -0.520. The summed E-state index contributed by atoms with van der Waals surface area (Å²) >= 11 is 0. The number of hydrogen-bond donors (Lipinski definition) is 4. The van der Waals surface area contributed by atoms with E-state index in [9.17, 15) is 9.59 Å². The average molecular weight is 314 g/mol. The molecule has 0 aromatic carbocycles. The van der Waals surface area contributed by atoms with Crippen LogP contribution >= 0.6 is 0 Å². The van der Waals surface area contributed by atoms with Gasteiger partial charge in [0.1, 0.15) is 6.04 Å². The molecule has 0 fully saturated rings. The first-order valence-corrected chi connectivity index (χ1v) is 8.12. The first-order chi connectivity index (χ1) is 10.1. The van der Waals surface area contributed by atoms with Crippen molar-refractivity contribution in [2.24, 2.45) is 11.7 Å². The second kappa shape index (κ2) is 9.79. The van der Waals surface area contributed by atoms with Gasteiger partial charge >= 0.3 is 0 Å². The van der Waals surface area contributed by atoms with Crippen molar-refractivity contribution in [2.45, 2.75) is 71.5 Å². The molecule has 2 amide bonds. The van der Waals surface area contributed by atoms with Gasteiger partial charge in [-0.15, -0.1) is 0 Å².